The molecule has 122 valence electrons. The van der Waals surface area contributed by atoms with Gasteiger partial charge in [0.05, 0.1) is 6.61 Å². The summed E-state index contributed by atoms with van der Waals surface area (Å²) in [6, 6.07) is 20.4. The summed E-state index contributed by atoms with van der Waals surface area (Å²) in [7, 11) is 5.23. The van der Waals surface area contributed by atoms with Gasteiger partial charge in [0.2, 0.25) is 0 Å². The third-order valence-electron chi connectivity index (χ3n) is 4.14. The summed E-state index contributed by atoms with van der Waals surface area (Å²) in [6.07, 6.45) is 0. The molecule has 0 bridgehead atoms. The fourth-order valence-corrected chi connectivity index (χ4v) is 2.97. The lowest BCUT2D eigenvalue weighted by atomic mass is 9.93. The molecular weight excluding hydrogens is 298 g/mol. The van der Waals surface area contributed by atoms with Gasteiger partial charge in [0.1, 0.15) is 0 Å². The average molecular weight is 319 g/mol. The molecule has 0 saturated heterocycles. The van der Waals surface area contributed by atoms with Crippen molar-refractivity contribution >= 4 is 16.7 Å². The molecule has 24 heavy (non-hydrogen) atoms. The second-order valence-electron chi connectivity index (χ2n) is 6.03. The van der Waals surface area contributed by atoms with E-state index in [9.17, 15) is 4.79 Å². The van der Waals surface area contributed by atoms with Crippen molar-refractivity contribution < 1.29 is 9.53 Å². The molecule has 1 amide bonds. The minimum atomic E-state index is 0.0107. The molecule has 0 radical (unpaired) electrons. The Morgan fingerprint density at radius 2 is 1.67 bits per heavy atom. The van der Waals surface area contributed by atoms with Crippen LogP contribution in [0.5, 0.6) is 0 Å². The highest BCUT2D eigenvalue weighted by molar-refractivity contribution is 5.99. The van der Waals surface area contributed by atoms with Crippen LogP contribution in [0.4, 0.5) is 0 Å². The normalized spacial score (nSPS) is 10.8. The van der Waals surface area contributed by atoms with Crippen LogP contribution < -0.4 is 0 Å². The van der Waals surface area contributed by atoms with Crippen LogP contribution >= 0.6 is 0 Å². The van der Waals surface area contributed by atoms with E-state index in [1.807, 2.05) is 36.4 Å². The largest absolute Gasteiger partial charge is 0.380 e. The highest BCUT2D eigenvalue weighted by atomic mass is 16.5. The Morgan fingerprint density at radius 3 is 2.33 bits per heavy atom. The first kappa shape index (κ1) is 16.2. The average Bonchev–Trinajstić information content (AvgIpc) is 2.61. The molecule has 0 atom stereocenters. The maximum absolute atomic E-state index is 12.1. The van der Waals surface area contributed by atoms with Gasteiger partial charge in [-0.3, -0.25) is 4.79 Å². The molecule has 0 aliphatic carbocycles. The van der Waals surface area contributed by atoms with Crippen molar-refractivity contribution in [3.8, 4) is 11.1 Å². The summed E-state index contributed by atoms with van der Waals surface area (Å²) >= 11 is 0. The van der Waals surface area contributed by atoms with E-state index >= 15 is 0 Å². The lowest BCUT2D eigenvalue weighted by Crippen LogP contribution is -2.21. The molecular formula is C21H21NO2. The highest BCUT2D eigenvalue weighted by Crippen LogP contribution is 2.33. The van der Waals surface area contributed by atoms with Gasteiger partial charge in [0.25, 0.3) is 5.91 Å². The second kappa shape index (κ2) is 6.85. The molecule has 0 unspecified atom stereocenters. The van der Waals surface area contributed by atoms with Crippen LogP contribution in [0, 0.1) is 0 Å². The number of fused-ring (bicyclic) bond motifs is 1. The number of benzene rings is 3. The monoisotopic (exact) mass is 319 g/mol. The zero-order valence-electron chi connectivity index (χ0n) is 14.2. The molecule has 0 aromatic heterocycles. The number of methoxy groups -OCH3 is 1. The van der Waals surface area contributed by atoms with E-state index in [4.69, 9.17) is 4.74 Å². The fraction of sp³-hybridized carbons (Fsp3) is 0.190. The summed E-state index contributed by atoms with van der Waals surface area (Å²) in [5.41, 5.74) is 4.09. The summed E-state index contributed by atoms with van der Waals surface area (Å²) in [6.45, 7) is 0.554. The third kappa shape index (κ3) is 3.03. The zero-order chi connectivity index (χ0) is 17.1. The summed E-state index contributed by atoms with van der Waals surface area (Å²) in [5.74, 6) is 0.0107. The van der Waals surface area contributed by atoms with Crippen LogP contribution in [0.25, 0.3) is 21.9 Å². The Kier molecular flexibility index (Phi) is 4.63. The molecule has 0 spiro atoms. The van der Waals surface area contributed by atoms with E-state index in [2.05, 4.69) is 24.3 Å². The van der Waals surface area contributed by atoms with Crippen LogP contribution in [0.1, 0.15) is 15.9 Å². The van der Waals surface area contributed by atoms with Crippen LogP contribution in [0.2, 0.25) is 0 Å². The van der Waals surface area contributed by atoms with E-state index in [0.29, 0.717) is 12.2 Å². The Balaban J connectivity index is 2.14. The Bertz CT molecular complexity index is 867. The Morgan fingerprint density at radius 1 is 0.958 bits per heavy atom. The van der Waals surface area contributed by atoms with Gasteiger partial charge in [-0.15, -0.1) is 0 Å². The maximum atomic E-state index is 12.1. The van der Waals surface area contributed by atoms with Crippen LogP contribution in [0.3, 0.4) is 0 Å². The number of ether oxygens (including phenoxy) is 1. The first-order valence-corrected chi connectivity index (χ1v) is 7.93. The minimum absolute atomic E-state index is 0.0107. The Labute approximate surface area is 142 Å². The van der Waals surface area contributed by atoms with Crippen molar-refractivity contribution in [1.29, 1.82) is 0 Å². The predicted octanol–water partition coefficient (Wildman–Crippen LogP) is 4.36. The van der Waals surface area contributed by atoms with Gasteiger partial charge in [0, 0.05) is 26.8 Å². The van der Waals surface area contributed by atoms with Crippen LogP contribution in [0.15, 0.2) is 60.7 Å². The van der Waals surface area contributed by atoms with E-state index < -0.39 is 0 Å². The van der Waals surface area contributed by atoms with Gasteiger partial charge in [-0.05, 0) is 39.6 Å². The zero-order valence-corrected chi connectivity index (χ0v) is 14.2. The number of nitrogens with zero attached hydrogens (tertiary/aromatic N) is 1. The van der Waals surface area contributed by atoms with Gasteiger partial charge >= 0.3 is 0 Å². The molecule has 0 N–H and O–H groups in total. The van der Waals surface area contributed by atoms with Crippen molar-refractivity contribution in [3.05, 3.63) is 71.8 Å². The molecule has 0 aliphatic heterocycles. The van der Waals surface area contributed by atoms with E-state index in [-0.39, 0.29) is 5.91 Å². The SMILES string of the molecule is COCc1ccc2ccccc2c1-c1ccc(C(=O)N(C)C)cc1. The van der Waals surface area contributed by atoms with Crippen LogP contribution in [-0.2, 0) is 11.3 Å². The summed E-state index contributed by atoms with van der Waals surface area (Å²) in [4.78, 5) is 13.7. The molecule has 3 nitrogen and oxygen atoms in total. The fourth-order valence-electron chi connectivity index (χ4n) is 2.97. The van der Waals surface area contributed by atoms with Gasteiger partial charge in [0.15, 0.2) is 0 Å². The summed E-state index contributed by atoms with van der Waals surface area (Å²) in [5, 5.41) is 2.39. The second-order valence-corrected chi connectivity index (χ2v) is 6.03. The van der Waals surface area contributed by atoms with Gasteiger partial charge in [-0.1, -0.05) is 48.5 Å². The lowest BCUT2D eigenvalue weighted by molar-refractivity contribution is 0.0827. The van der Waals surface area contributed by atoms with E-state index in [1.54, 1.807) is 26.1 Å². The number of carbonyl (C=O) groups excluding carboxylic acids is 1. The number of hydrogen-bond donors (Lipinski definition) is 0. The van der Waals surface area contributed by atoms with Crippen LogP contribution in [-0.4, -0.2) is 32.0 Å². The van der Waals surface area contributed by atoms with Gasteiger partial charge < -0.3 is 9.64 Å². The van der Waals surface area contributed by atoms with E-state index in [0.717, 1.165) is 11.1 Å². The molecule has 3 aromatic rings. The smallest absolute Gasteiger partial charge is 0.253 e. The molecule has 0 saturated carbocycles. The number of carbonyl (C=O) groups is 1. The quantitative estimate of drug-likeness (QED) is 0.715. The van der Waals surface area contributed by atoms with Gasteiger partial charge in [-0.2, -0.15) is 0 Å². The third-order valence-corrected chi connectivity index (χ3v) is 4.14. The van der Waals surface area contributed by atoms with Crippen molar-refractivity contribution in [2.75, 3.05) is 21.2 Å². The van der Waals surface area contributed by atoms with Crippen molar-refractivity contribution in [1.82, 2.24) is 4.90 Å². The number of hydrogen-bond acceptors (Lipinski definition) is 2. The molecule has 0 heterocycles. The topological polar surface area (TPSA) is 29.5 Å². The van der Waals surface area contributed by atoms with Crippen molar-refractivity contribution in [2.45, 2.75) is 6.61 Å². The Hall–Kier alpha value is -2.65. The summed E-state index contributed by atoms with van der Waals surface area (Å²) < 4.78 is 5.37. The van der Waals surface area contributed by atoms with Crippen molar-refractivity contribution in [3.63, 3.8) is 0 Å². The number of amides is 1. The van der Waals surface area contributed by atoms with Gasteiger partial charge in [-0.25, -0.2) is 0 Å². The molecule has 3 heteroatoms. The highest BCUT2D eigenvalue weighted by Gasteiger charge is 2.12. The number of rotatable bonds is 4. The molecule has 3 rings (SSSR count). The molecule has 3 aromatic carbocycles. The minimum Gasteiger partial charge on any atom is -0.380 e. The first-order valence-electron chi connectivity index (χ1n) is 7.93. The molecule has 0 aliphatic rings. The van der Waals surface area contributed by atoms with Crippen molar-refractivity contribution in [2.24, 2.45) is 0 Å². The standard InChI is InChI=1S/C21H21NO2/c1-22(2)21(23)17-11-9-16(10-12-17)20-18(14-24-3)13-8-15-6-4-5-7-19(15)20/h4-13H,14H2,1-3H3. The lowest BCUT2D eigenvalue weighted by Gasteiger charge is -2.14. The first-order chi connectivity index (χ1) is 11.6. The maximum Gasteiger partial charge on any atom is 0.253 e. The predicted molar refractivity (Wildman–Crippen MR) is 98.1 cm³/mol. The molecule has 0 fully saturated rings. The van der Waals surface area contributed by atoms with E-state index in [1.165, 1.54) is 16.3 Å².